The minimum Gasteiger partial charge on any atom is -0.465 e. The first-order valence-electron chi connectivity index (χ1n) is 7.26. The Bertz CT molecular complexity index is 620. The molecule has 0 radical (unpaired) electrons. The Balaban J connectivity index is 1.97. The van der Waals surface area contributed by atoms with Crippen molar-refractivity contribution in [1.29, 1.82) is 0 Å². The van der Waals surface area contributed by atoms with Crippen LogP contribution in [0.25, 0.3) is 11.1 Å². The number of esters is 1. The molecule has 3 rings (SSSR count). The first-order chi connectivity index (χ1) is 10.2. The van der Waals surface area contributed by atoms with Crippen molar-refractivity contribution in [2.45, 2.75) is 13.0 Å². The Morgan fingerprint density at radius 1 is 1.05 bits per heavy atom. The molecule has 1 aliphatic carbocycles. The Labute approximate surface area is 125 Å². The lowest BCUT2D eigenvalue weighted by Crippen LogP contribution is -2.31. The minimum absolute atomic E-state index is 0.113. The summed E-state index contributed by atoms with van der Waals surface area (Å²) in [6, 6.07) is 16.9. The molecule has 0 aliphatic heterocycles. The van der Waals surface area contributed by atoms with Gasteiger partial charge >= 0.3 is 5.97 Å². The maximum Gasteiger partial charge on any atom is 0.320 e. The van der Waals surface area contributed by atoms with E-state index in [9.17, 15) is 4.79 Å². The van der Waals surface area contributed by atoms with Crippen LogP contribution < -0.4 is 0 Å². The van der Waals surface area contributed by atoms with E-state index in [1.165, 1.54) is 22.3 Å². The van der Waals surface area contributed by atoms with Crippen LogP contribution >= 0.6 is 0 Å². The number of fused-ring (bicyclic) bond motifs is 3. The number of carbonyl (C=O) groups excluding carboxylic acids is 1. The van der Waals surface area contributed by atoms with Crippen molar-refractivity contribution >= 4 is 5.97 Å². The van der Waals surface area contributed by atoms with Gasteiger partial charge in [-0.15, -0.1) is 0 Å². The summed E-state index contributed by atoms with van der Waals surface area (Å²) in [4.78, 5) is 13.8. The predicted molar refractivity (Wildman–Crippen MR) is 83.0 cm³/mol. The van der Waals surface area contributed by atoms with E-state index >= 15 is 0 Å². The highest BCUT2D eigenvalue weighted by atomic mass is 16.5. The minimum atomic E-state index is -0.179. The fourth-order valence-electron chi connectivity index (χ4n) is 3.11. The second-order valence-electron chi connectivity index (χ2n) is 5.30. The molecule has 0 aromatic heterocycles. The van der Waals surface area contributed by atoms with E-state index in [0.29, 0.717) is 13.2 Å². The van der Waals surface area contributed by atoms with Crippen LogP contribution in [-0.4, -0.2) is 31.1 Å². The monoisotopic (exact) mass is 281 g/mol. The Kier molecular flexibility index (Phi) is 3.76. The van der Waals surface area contributed by atoms with E-state index in [4.69, 9.17) is 4.74 Å². The van der Waals surface area contributed by atoms with Gasteiger partial charge in [-0.3, -0.25) is 9.69 Å². The van der Waals surface area contributed by atoms with Crippen LogP contribution in [-0.2, 0) is 9.53 Å². The highest BCUT2D eigenvalue weighted by molar-refractivity contribution is 5.79. The van der Waals surface area contributed by atoms with Crippen LogP contribution in [0.1, 0.15) is 24.1 Å². The number of hydrogen-bond donors (Lipinski definition) is 0. The van der Waals surface area contributed by atoms with Crippen molar-refractivity contribution < 1.29 is 9.53 Å². The molecule has 0 N–H and O–H groups in total. The van der Waals surface area contributed by atoms with Crippen molar-refractivity contribution in [2.75, 3.05) is 20.2 Å². The van der Waals surface area contributed by atoms with Gasteiger partial charge in [-0.1, -0.05) is 48.5 Å². The van der Waals surface area contributed by atoms with Gasteiger partial charge < -0.3 is 4.74 Å². The topological polar surface area (TPSA) is 29.5 Å². The number of benzene rings is 2. The third-order valence-corrected chi connectivity index (χ3v) is 3.93. The summed E-state index contributed by atoms with van der Waals surface area (Å²) in [5, 5.41) is 0. The smallest absolute Gasteiger partial charge is 0.320 e. The molecule has 0 fully saturated rings. The van der Waals surface area contributed by atoms with Gasteiger partial charge in [-0.25, -0.2) is 0 Å². The van der Waals surface area contributed by atoms with Crippen molar-refractivity contribution in [2.24, 2.45) is 0 Å². The molecule has 2 aromatic rings. The summed E-state index contributed by atoms with van der Waals surface area (Å²) in [6.45, 7) is 2.55. The summed E-state index contributed by atoms with van der Waals surface area (Å²) in [5.74, 6) is -0.179. The summed E-state index contributed by atoms with van der Waals surface area (Å²) >= 11 is 0. The van der Waals surface area contributed by atoms with Crippen LogP contribution in [0.4, 0.5) is 0 Å². The molecule has 3 nitrogen and oxygen atoms in total. The maximum atomic E-state index is 11.8. The number of likely N-dealkylation sites (N-methyl/N-ethyl adjacent to an activating group) is 1. The van der Waals surface area contributed by atoms with Crippen LogP contribution in [0.3, 0.4) is 0 Å². The highest BCUT2D eigenvalue weighted by Crippen LogP contribution is 2.45. The molecule has 1 aliphatic rings. The van der Waals surface area contributed by atoms with Crippen molar-refractivity contribution in [3.63, 3.8) is 0 Å². The molecular formula is C18H19NO2. The molecular weight excluding hydrogens is 262 g/mol. The average Bonchev–Trinajstić information content (AvgIpc) is 2.82. The maximum absolute atomic E-state index is 11.8. The van der Waals surface area contributed by atoms with E-state index in [-0.39, 0.29) is 12.0 Å². The van der Waals surface area contributed by atoms with Gasteiger partial charge in [0.25, 0.3) is 0 Å². The molecule has 21 heavy (non-hydrogen) atoms. The predicted octanol–water partition coefficient (Wildman–Crippen LogP) is 3.25. The Hall–Kier alpha value is -2.13. The van der Waals surface area contributed by atoms with Gasteiger partial charge in [0.15, 0.2) is 0 Å². The van der Waals surface area contributed by atoms with E-state index in [2.05, 4.69) is 53.4 Å². The molecule has 0 saturated carbocycles. The lowest BCUT2D eigenvalue weighted by Gasteiger charge is -2.25. The summed E-state index contributed by atoms with van der Waals surface area (Å²) in [5.41, 5.74) is 5.03. The first kappa shape index (κ1) is 13.8. The van der Waals surface area contributed by atoms with Gasteiger partial charge in [0.1, 0.15) is 0 Å². The fraction of sp³-hybridized carbons (Fsp3) is 0.278. The van der Waals surface area contributed by atoms with Crippen molar-refractivity contribution in [3.05, 3.63) is 59.7 Å². The number of rotatable bonds is 4. The van der Waals surface area contributed by atoms with Crippen LogP contribution in [0.15, 0.2) is 48.5 Å². The van der Waals surface area contributed by atoms with Gasteiger partial charge in [0, 0.05) is 0 Å². The zero-order chi connectivity index (χ0) is 14.8. The molecule has 2 aromatic carbocycles. The molecule has 0 unspecified atom stereocenters. The normalized spacial score (nSPS) is 13.1. The summed E-state index contributed by atoms with van der Waals surface area (Å²) in [6.07, 6.45) is 0. The van der Waals surface area contributed by atoms with Crippen molar-refractivity contribution in [1.82, 2.24) is 4.90 Å². The standard InChI is InChI=1S/C18H19NO2/c1-3-21-17(20)12-19(2)18-15-10-6-4-8-13(15)14-9-5-7-11-16(14)18/h4-11,18H,3,12H2,1-2H3. The van der Waals surface area contributed by atoms with Crippen LogP contribution in [0.5, 0.6) is 0 Å². The summed E-state index contributed by atoms with van der Waals surface area (Å²) in [7, 11) is 1.97. The highest BCUT2D eigenvalue weighted by Gasteiger charge is 2.31. The van der Waals surface area contributed by atoms with Gasteiger partial charge in [0.05, 0.1) is 19.2 Å². The van der Waals surface area contributed by atoms with E-state index in [1.807, 2.05) is 14.0 Å². The largest absolute Gasteiger partial charge is 0.465 e. The number of nitrogens with zero attached hydrogens (tertiary/aromatic N) is 1. The number of ether oxygens (including phenoxy) is 1. The molecule has 3 heteroatoms. The second-order valence-corrected chi connectivity index (χ2v) is 5.30. The molecule has 108 valence electrons. The third-order valence-electron chi connectivity index (χ3n) is 3.93. The van der Waals surface area contributed by atoms with E-state index < -0.39 is 0 Å². The van der Waals surface area contributed by atoms with Crippen LogP contribution in [0, 0.1) is 0 Å². The third kappa shape index (κ3) is 2.45. The van der Waals surface area contributed by atoms with Crippen molar-refractivity contribution in [3.8, 4) is 11.1 Å². The molecule has 0 heterocycles. The molecule has 0 spiro atoms. The number of hydrogen-bond acceptors (Lipinski definition) is 3. The number of carbonyl (C=O) groups is 1. The fourth-order valence-corrected chi connectivity index (χ4v) is 3.11. The molecule has 0 atom stereocenters. The Morgan fingerprint density at radius 3 is 2.10 bits per heavy atom. The first-order valence-corrected chi connectivity index (χ1v) is 7.26. The SMILES string of the molecule is CCOC(=O)CN(C)C1c2ccccc2-c2ccccc21. The Morgan fingerprint density at radius 2 is 1.57 bits per heavy atom. The zero-order valence-electron chi connectivity index (χ0n) is 12.4. The van der Waals surface area contributed by atoms with Gasteiger partial charge in [0.2, 0.25) is 0 Å². The van der Waals surface area contributed by atoms with Gasteiger partial charge in [-0.05, 0) is 36.2 Å². The van der Waals surface area contributed by atoms with Gasteiger partial charge in [-0.2, -0.15) is 0 Å². The molecule has 0 amide bonds. The lowest BCUT2D eigenvalue weighted by atomic mass is 10.0. The molecule has 0 bridgehead atoms. The molecule has 0 saturated heterocycles. The summed E-state index contributed by atoms with van der Waals surface area (Å²) < 4.78 is 5.07. The lowest BCUT2D eigenvalue weighted by molar-refractivity contribution is -0.144. The van der Waals surface area contributed by atoms with E-state index in [0.717, 1.165) is 0 Å². The van der Waals surface area contributed by atoms with E-state index in [1.54, 1.807) is 0 Å². The zero-order valence-corrected chi connectivity index (χ0v) is 12.4. The second kappa shape index (κ2) is 5.70. The average molecular weight is 281 g/mol. The quantitative estimate of drug-likeness (QED) is 0.806. The van der Waals surface area contributed by atoms with Crippen LogP contribution in [0.2, 0.25) is 0 Å².